The molecule has 0 radical (unpaired) electrons. The second-order valence-electron chi connectivity index (χ2n) is 6.65. The zero-order valence-electron chi connectivity index (χ0n) is 16.2. The van der Waals surface area contributed by atoms with E-state index in [4.69, 9.17) is 0 Å². The third-order valence-corrected chi connectivity index (χ3v) is 7.61. The summed E-state index contributed by atoms with van der Waals surface area (Å²) in [6.45, 7) is 2.20. The lowest BCUT2D eigenvalue weighted by atomic mass is 10.2. The highest BCUT2D eigenvalue weighted by molar-refractivity contribution is 9.11. The molecule has 2 N–H and O–H groups in total. The van der Waals surface area contributed by atoms with Crippen LogP contribution >= 0.6 is 55.0 Å². The molecular weight excluding hydrogens is 566 g/mol. The minimum Gasteiger partial charge on any atom is -0.390 e. The van der Waals surface area contributed by atoms with Gasteiger partial charge in [0.25, 0.3) is 5.56 Å². The van der Waals surface area contributed by atoms with Crippen LogP contribution in [0.5, 0.6) is 0 Å². The predicted octanol–water partition coefficient (Wildman–Crippen LogP) is 4.64. The summed E-state index contributed by atoms with van der Waals surface area (Å²) < 4.78 is 3.68. The first-order chi connectivity index (χ1) is 14.9. The third kappa shape index (κ3) is 5.17. The molecule has 1 unspecified atom stereocenters. The van der Waals surface area contributed by atoms with Crippen LogP contribution in [0.3, 0.4) is 0 Å². The summed E-state index contributed by atoms with van der Waals surface area (Å²) in [5.74, 6) is 0.985. The van der Waals surface area contributed by atoms with Crippen molar-refractivity contribution >= 4 is 71.5 Å². The zero-order chi connectivity index (χ0) is 22.0. The summed E-state index contributed by atoms with van der Waals surface area (Å²) in [6, 6.07) is 13.3. The summed E-state index contributed by atoms with van der Waals surface area (Å²) in [6.07, 6.45) is -0.556. The van der Waals surface area contributed by atoms with E-state index >= 15 is 0 Å². The molecule has 0 aliphatic carbocycles. The molecule has 1 atom stereocenters. The van der Waals surface area contributed by atoms with Crippen LogP contribution in [0.1, 0.15) is 5.82 Å². The van der Waals surface area contributed by atoms with Gasteiger partial charge in [-0.05, 0) is 47.1 Å². The number of nitrogens with zero attached hydrogens (tertiary/aromatic N) is 4. The number of para-hydroxylation sites is 1. The van der Waals surface area contributed by atoms with Crippen molar-refractivity contribution in [3.05, 3.63) is 67.6 Å². The van der Waals surface area contributed by atoms with Gasteiger partial charge in [-0.2, -0.15) is 0 Å². The first-order valence-electron chi connectivity index (χ1n) is 9.24. The minimum atomic E-state index is -0.556. The number of halogens is 2. The molecule has 0 bridgehead atoms. The highest BCUT2D eigenvalue weighted by Gasteiger charge is 2.17. The van der Waals surface area contributed by atoms with Crippen molar-refractivity contribution in [1.29, 1.82) is 0 Å². The Bertz CT molecular complexity index is 1280. The van der Waals surface area contributed by atoms with Crippen molar-refractivity contribution < 1.29 is 5.11 Å². The van der Waals surface area contributed by atoms with Gasteiger partial charge in [0.15, 0.2) is 4.34 Å². The number of aliphatic hydroxyl groups is 1. The van der Waals surface area contributed by atoms with Crippen LogP contribution in [0.15, 0.2) is 60.5 Å². The molecule has 0 saturated carbocycles. The topological polar surface area (TPSA) is 92.9 Å². The van der Waals surface area contributed by atoms with Gasteiger partial charge in [0, 0.05) is 26.9 Å². The summed E-state index contributed by atoms with van der Waals surface area (Å²) in [7, 11) is 0. The Kier molecular flexibility index (Phi) is 7.07. The van der Waals surface area contributed by atoms with Crippen LogP contribution in [0.2, 0.25) is 0 Å². The number of aliphatic hydroxyl groups excluding tert-OH is 1. The fourth-order valence-electron chi connectivity index (χ4n) is 2.92. The molecule has 0 fully saturated rings. The molecule has 4 aromatic rings. The quantitative estimate of drug-likeness (QED) is 0.307. The van der Waals surface area contributed by atoms with Crippen LogP contribution in [-0.2, 0) is 0 Å². The smallest absolute Gasteiger partial charge is 0.267 e. The summed E-state index contributed by atoms with van der Waals surface area (Å²) in [5.41, 5.74) is 1.36. The van der Waals surface area contributed by atoms with Crippen molar-refractivity contribution in [1.82, 2.24) is 19.7 Å². The largest absolute Gasteiger partial charge is 0.390 e. The normalized spacial score (nSPS) is 12.3. The summed E-state index contributed by atoms with van der Waals surface area (Å²) in [5, 5.41) is 22.7. The maximum Gasteiger partial charge on any atom is 0.267 e. The Balaban J connectivity index is 1.48. The fraction of sp³-hybridized carbons (Fsp3) is 0.200. The molecule has 160 valence electrons. The molecule has 7 nitrogen and oxygen atoms in total. The number of hydrogen-bond donors (Lipinski definition) is 2. The van der Waals surface area contributed by atoms with Gasteiger partial charge in [-0.3, -0.25) is 4.79 Å². The Labute approximate surface area is 203 Å². The highest BCUT2D eigenvalue weighted by atomic mass is 79.9. The Morgan fingerprint density at radius 1 is 1.23 bits per heavy atom. The summed E-state index contributed by atoms with van der Waals surface area (Å²) >= 11 is 9.58. The van der Waals surface area contributed by atoms with Gasteiger partial charge in [-0.1, -0.05) is 57.2 Å². The van der Waals surface area contributed by atoms with Gasteiger partial charge in [-0.15, -0.1) is 10.2 Å². The Morgan fingerprint density at radius 2 is 2.00 bits per heavy atom. The number of thioether (sulfide) groups is 1. The molecule has 4 rings (SSSR count). The molecule has 0 saturated heterocycles. The highest BCUT2D eigenvalue weighted by Crippen LogP contribution is 2.28. The number of hydrogen-bond acceptors (Lipinski definition) is 8. The van der Waals surface area contributed by atoms with E-state index < -0.39 is 6.10 Å². The number of rotatable bonds is 7. The number of anilines is 1. The van der Waals surface area contributed by atoms with E-state index in [0.717, 1.165) is 14.6 Å². The van der Waals surface area contributed by atoms with Crippen LogP contribution in [0, 0.1) is 6.92 Å². The second kappa shape index (κ2) is 9.78. The van der Waals surface area contributed by atoms with Crippen molar-refractivity contribution in [2.75, 3.05) is 17.6 Å². The average molecular weight is 583 g/mol. The molecule has 2 aromatic carbocycles. The zero-order valence-corrected chi connectivity index (χ0v) is 21.1. The van der Waals surface area contributed by atoms with Gasteiger partial charge in [0.2, 0.25) is 5.13 Å². The molecule has 0 aliphatic heterocycles. The Hall–Kier alpha value is -1.79. The first kappa shape index (κ1) is 22.4. The first-order valence-corrected chi connectivity index (χ1v) is 12.6. The van der Waals surface area contributed by atoms with E-state index in [1.807, 2.05) is 36.4 Å². The van der Waals surface area contributed by atoms with Crippen LogP contribution in [0.25, 0.3) is 16.0 Å². The summed E-state index contributed by atoms with van der Waals surface area (Å²) in [4.78, 5) is 17.7. The van der Waals surface area contributed by atoms with E-state index in [2.05, 4.69) is 52.4 Å². The van der Waals surface area contributed by atoms with E-state index in [0.29, 0.717) is 38.5 Å². The number of aromatic nitrogens is 4. The van der Waals surface area contributed by atoms with Crippen LogP contribution in [-0.4, -0.2) is 43.3 Å². The van der Waals surface area contributed by atoms with Crippen LogP contribution < -0.4 is 10.9 Å². The van der Waals surface area contributed by atoms with Gasteiger partial charge >= 0.3 is 0 Å². The molecule has 2 heterocycles. The standard InChI is InChI=1S/C20H17Br2N5O2S2/c1-11-24-17-15(7-12(21)8-16(17)22)18(29)27(11)19-25-26-20(31-19)30-10-14(28)9-23-13-5-3-2-4-6-13/h2-8,14,23,28H,9-10H2,1H3. The van der Waals surface area contributed by atoms with E-state index in [9.17, 15) is 9.90 Å². The lowest BCUT2D eigenvalue weighted by molar-refractivity contribution is 0.213. The number of fused-ring (bicyclic) bond motifs is 1. The molecule has 31 heavy (non-hydrogen) atoms. The van der Waals surface area contributed by atoms with E-state index in [1.165, 1.54) is 27.7 Å². The molecule has 0 aliphatic rings. The van der Waals surface area contributed by atoms with Gasteiger partial charge in [0.05, 0.1) is 17.0 Å². The van der Waals surface area contributed by atoms with Gasteiger partial charge in [-0.25, -0.2) is 9.55 Å². The van der Waals surface area contributed by atoms with E-state index in [1.54, 1.807) is 13.0 Å². The monoisotopic (exact) mass is 581 g/mol. The average Bonchev–Trinajstić information content (AvgIpc) is 3.21. The molecule has 11 heteroatoms. The minimum absolute atomic E-state index is 0.204. The molecular formula is C20H17Br2N5O2S2. The van der Waals surface area contributed by atoms with Gasteiger partial charge < -0.3 is 10.4 Å². The maximum absolute atomic E-state index is 13.1. The Morgan fingerprint density at radius 3 is 2.77 bits per heavy atom. The third-order valence-electron chi connectivity index (χ3n) is 4.36. The number of aryl methyl sites for hydroxylation is 1. The predicted molar refractivity (Wildman–Crippen MR) is 133 cm³/mol. The maximum atomic E-state index is 13.1. The van der Waals surface area contributed by atoms with Crippen LogP contribution in [0.4, 0.5) is 5.69 Å². The lowest BCUT2D eigenvalue weighted by Gasteiger charge is -2.11. The van der Waals surface area contributed by atoms with Crippen molar-refractivity contribution in [3.63, 3.8) is 0 Å². The lowest BCUT2D eigenvalue weighted by Crippen LogP contribution is -2.22. The number of benzene rings is 2. The van der Waals surface area contributed by atoms with Crippen molar-refractivity contribution in [3.8, 4) is 5.13 Å². The second-order valence-corrected chi connectivity index (χ2v) is 10.6. The number of nitrogens with one attached hydrogen (secondary N) is 1. The molecule has 0 amide bonds. The SMILES string of the molecule is Cc1nc2c(Br)cc(Br)cc2c(=O)n1-c1nnc(SCC(O)CNc2ccccc2)s1. The molecule has 0 spiro atoms. The van der Waals surface area contributed by atoms with Gasteiger partial charge in [0.1, 0.15) is 5.82 Å². The van der Waals surface area contributed by atoms with Crippen molar-refractivity contribution in [2.45, 2.75) is 17.4 Å². The van der Waals surface area contributed by atoms with Crippen molar-refractivity contribution in [2.24, 2.45) is 0 Å². The fourth-order valence-corrected chi connectivity index (χ4v) is 6.07. The van der Waals surface area contributed by atoms with E-state index in [-0.39, 0.29) is 5.56 Å². The molecule has 2 aromatic heterocycles.